The normalized spacial score (nSPS) is 17.4. The lowest BCUT2D eigenvalue weighted by Crippen LogP contribution is -2.11. The van der Waals surface area contributed by atoms with Crippen molar-refractivity contribution in [2.24, 2.45) is 5.92 Å². The average Bonchev–Trinajstić information content (AvgIpc) is 2.87. The molecule has 0 unspecified atom stereocenters. The van der Waals surface area contributed by atoms with Crippen molar-refractivity contribution in [3.63, 3.8) is 0 Å². The highest BCUT2D eigenvalue weighted by atomic mass is 14.9. The molecular formula is C13H22N2. The van der Waals surface area contributed by atoms with Crippen molar-refractivity contribution in [3.8, 4) is 0 Å². The van der Waals surface area contributed by atoms with Crippen LogP contribution in [0.3, 0.4) is 0 Å². The fourth-order valence-electron chi connectivity index (χ4n) is 2.47. The summed E-state index contributed by atoms with van der Waals surface area (Å²) in [6.45, 7) is 5.43. The van der Waals surface area contributed by atoms with E-state index in [1.807, 2.05) is 0 Å². The van der Waals surface area contributed by atoms with Crippen LogP contribution in [0.4, 0.5) is 0 Å². The third kappa shape index (κ3) is 3.10. The minimum absolute atomic E-state index is 0.935. The van der Waals surface area contributed by atoms with E-state index < -0.39 is 0 Å². The average molecular weight is 206 g/mol. The smallest absolute Gasteiger partial charge is 0.0248 e. The summed E-state index contributed by atoms with van der Waals surface area (Å²) in [5.41, 5.74) is 1.41. The lowest BCUT2D eigenvalue weighted by Gasteiger charge is -2.09. The zero-order valence-corrected chi connectivity index (χ0v) is 9.71. The molecule has 0 spiro atoms. The summed E-state index contributed by atoms with van der Waals surface area (Å²) >= 11 is 0. The van der Waals surface area contributed by atoms with E-state index in [2.05, 4.69) is 35.3 Å². The first-order valence-electron chi connectivity index (χ1n) is 6.24. The highest BCUT2D eigenvalue weighted by Crippen LogP contribution is 2.26. The zero-order valence-electron chi connectivity index (χ0n) is 9.71. The number of aromatic nitrogens is 1. The second-order valence-corrected chi connectivity index (χ2v) is 4.65. The van der Waals surface area contributed by atoms with Gasteiger partial charge in [0.25, 0.3) is 0 Å². The molecule has 1 aliphatic rings. The van der Waals surface area contributed by atoms with E-state index in [1.165, 1.54) is 37.8 Å². The van der Waals surface area contributed by atoms with Crippen LogP contribution < -0.4 is 5.32 Å². The number of rotatable bonds is 5. The monoisotopic (exact) mass is 206 g/mol. The van der Waals surface area contributed by atoms with Gasteiger partial charge in [-0.15, -0.1) is 0 Å². The van der Waals surface area contributed by atoms with Gasteiger partial charge in [0.05, 0.1) is 0 Å². The molecule has 0 atom stereocenters. The predicted octanol–water partition coefficient (Wildman–Crippen LogP) is 2.79. The summed E-state index contributed by atoms with van der Waals surface area (Å²) in [6, 6.07) is 2.23. The summed E-state index contributed by atoms with van der Waals surface area (Å²) in [5.74, 6) is 0.935. The maximum atomic E-state index is 3.36. The van der Waals surface area contributed by atoms with Gasteiger partial charge in [-0.1, -0.05) is 19.8 Å². The van der Waals surface area contributed by atoms with Gasteiger partial charge in [-0.3, -0.25) is 0 Å². The Hall–Kier alpha value is -0.760. The fraction of sp³-hybridized carbons (Fsp3) is 0.692. The SMILES string of the molecule is CCNCc1ccn(CC2CCCC2)c1. The third-order valence-electron chi connectivity index (χ3n) is 3.33. The summed E-state index contributed by atoms with van der Waals surface area (Å²) in [6.07, 6.45) is 10.3. The maximum absolute atomic E-state index is 3.36. The minimum Gasteiger partial charge on any atom is -0.354 e. The Morgan fingerprint density at radius 1 is 1.40 bits per heavy atom. The van der Waals surface area contributed by atoms with Crippen LogP contribution in [-0.4, -0.2) is 11.1 Å². The molecule has 1 N–H and O–H groups in total. The standard InChI is InChI=1S/C13H22N2/c1-2-14-9-13-7-8-15(11-13)10-12-5-3-4-6-12/h7-8,11-12,14H,2-6,9-10H2,1H3. The van der Waals surface area contributed by atoms with Gasteiger partial charge in [-0.2, -0.15) is 0 Å². The Bertz CT molecular complexity index is 284. The van der Waals surface area contributed by atoms with Gasteiger partial charge < -0.3 is 9.88 Å². The number of nitrogens with zero attached hydrogens (tertiary/aromatic N) is 1. The molecule has 2 heteroatoms. The molecule has 0 bridgehead atoms. The van der Waals surface area contributed by atoms with E-state index in [-0.39, 0.29) is 0 Å². The molecule has 84 valence electrons. The second-order valence-electron chi connectivity index (χ2n) is 4.65. The second kappa shape index (κ2) is 5.36. The van der Waals surface area contributed by atoms with Crippen LogP contribution in [0.1, 0.15) is 38.2 Å². The van der Waals surface area contributed by atoms with Crippen molar-refractivity contribution < 1.29 is 0 Å². The minimum atomic E-state index is 0.935. The molecule has 0 aromatic carbocycles. The zero-order chi connectivity index (χ0) is 10.5. The van der Waals surface area contributed by atoms with E-state index in [4.69, 9.17) is 0 Å². The third-order valence-corrected chi connectivity index (χ3v) is 3.33. The molecule has 0 aliphatic heterocycles. The molecule has 1 fully saturated rings. The van der Waals surface area contributed by atoms with Crippen LogP contribution >= 0.6 is 0 Å². The molecular weight excluding hydrogens is 184 g/mol. The first-order valence-corrected chi connectivity index (χ1v) is 6.24. The lowest BCUT2D eigenvalue weighted by molar-refractivity contribution is 0.458. The molecule has 1 aliphatic carbocycles. The largest absolute Gasteiger partial charge is 0.354 e. The summed E-state index contributed by atoms with van der Waals surface area (Å²) in [5, 5.41) is 3.36. The Morgan fingerprint density at radius 2 is 2.20 bits per heavy atom. The van der Waals surface area contributed by atoms with Crippen molar-refractivity contribution in [3.05, 3.63) is 24.0 Å². The molecule has 1 aromatic rings. The van der Waals surface area contributed by atoms with E-state index in [9.17, 15) is 0 Å². The number of hydrogen-bond acceptors (Lipinski definition) is 1. The van der Waals surface area contributed by atoms with Gasteiger partial charge in [-0.05, 0) is 36.9 Å². The molecule has 0 saturated heterocycles. The van der Waals surface area contributed by atoms with Gasteiger partial charge >= 0.3 is 0 Å². The predicted molar refractivity (Wildman–Crippen MR) is 63.8 cm³/mol. The molecule has 1 heterocycles. The Kier molecular flexibility index (Phi) is 3.84. The Morgan fingerprint density at radius 3 is 2.93 bits per heavy atom. The first kappa shape index (κ1) is 10.7. The quantitative estimate of drug-likeness (QED) is 0.784. The van der Waals surface area contributed by atoms with Crippen LogP contribution in [-0.2, 0) is 13.1 Å². The van der Waals surface area contributed by atoms with Crippen molar-refractivity contribution in [2.75, 3.05) is 6.54 Å². The highest BCUT2D eigenvalue weighted by Gasteiger charge is 2.14. The topological polar surface area (TPSA) is 17.0 Å². The highest BCUT2D eigenvalue weighted by molar-refractivity contribution is 5.09. The Balaban J connectivity index is 1.83. The molecule has 2 rings (SSSR count). The number of hydrogen-bond donors (Lipinski definition) is 1. The molecule has 1 aromatic heterocycles. The molecule has 2 nitrogen and oxygen atoms in total. The van der Waals surface area contributed by atoms with Crippen LogP contribution in [0.15, 0.2) is 18.5 Å². The molecule has 15 heavy (non-hydrogen) atoms. The lowest BCUT2D eigenvalue weighted by atomic mass is 10.1. The van der Waals surface area contributed by atoms with Crippen LogP contribution in [0, 0.1) is 5.92 Å². The fourth-order valence-corrected chi connectivity index (χ4v) is 2.47. The van der Waals surface area contributed by atoms with Crippen molar-refractivity contribution >= 4 is 0 Å². The van der Waals surface area contributed by atoms with Crippen molar-refractivity contribution in [1.29, 1.82) is 0 Å². The first-order chi connectivity index (χ1) is 7.38. The van der Waals surface area contributed by atoms with Gasteiger partial charge in [0, 0.05) is 25.5 Å². The summed E-state index contributed by atoms with van der Waals surface area (Å²) in [7, 11) is 0. The molecule has 1 saturated carbocycles. The van der Waals surface area contributed by atoms with E-state index in [0.717, 1.165) is 19.0 Å². The van der Waals surface area contributed by atoms with Crippen LogP contribution in [0.5, 0.6) is 0 Å². The Labute approximate surface area is 92.7 Å². The molecule has 0 amide bonds. The van der Waals surface area contributed by atoms with Crippen LogP contribution in [0.2, 0.25) is 0 Å². The van der Waals surface area contributed by atoms with Gasteiger partial charge in [-0.25, -0.2) is 0 Å². The van der Waals surface area contributed by atoms with Gasteiger partial charge in [0.2, 0.25) is 0 Å². The van der Waals surface area contributed by atoms with E-state index in [0.29, 0.717) is 0 Å². The van der Waals surface area contributed by atoms with Gasteiger partial charge in [0.1, 0.15) is 0 Å². The summed E-state index contributed by atoms with van der Waals surface area (Å²) < 4.78 is 2.36. The van der Waals surface area contributed by atoms with Crippen molar-refractivity contribution in [2.45, 2.75) is 45.7 Å². The molecule has 0 radical (unpaired) electrons. The van der Waals surface area contributed by atoms with Crippen molar-refractivity contribution in [1.82, 2.24) is 9.88 Å². The van der Waals surface area contributed by atoms with Gasteiger partial charge in [0.15, 0.2) is 0 Å². The maximum Gasteiger partial charge on any atom is 0.0248 e. The summed E-state index contributed by atoms with van der Waals surface area (Å²) in [4.78, 5) is 0. The number of nitrogens with one attached hydrogen (secondary N) is 1. The van der Waals surface area contributed by atoms with E-state index in [1.54, 1.807) is 0 Å². The van der Waals surface area contributed by atoms with E-state index >= 15 is 0 Å². The van der Waals surface area contributed by atoms with Crippen LogP contribution in [0.25, 0.3) is 0 Å².